The molecule has 0 aromatic heterocycles. The average Bonchev–Trinajstić information content (AvgIpc) is 2.99. The van der Waals surface area contributed by atoms with Crippen molar-refractivity contribution in [2.75, 3.05) is 12.8 Å². The fourth-order valence-corrected chi connectivity index (χ4v) is 5.86. The Hall–Kier alpha value is -2.77. The second kappa shape index (κ2) is 7.37. The second-order valence-electron chi connectivity index (χ2n) is 10.8. The van der Waals surface area contributed by atoms with Crippen LogP contribution in [0.1, 0.15) is 52.5 Å². The smallest absolute Gasteiger partial charge is 0.221 e. The number of ether oxygens (including phenoxy) is 2. The molecule has 3 aliphatic rings. The number of nitrogens with two attached hydrogens (primary N) is 2. The Balaban J connectivity index is 1.56. The minimum atomic E-state index is -0.917. The van der Waals surface area contributed by atoms with Gasteiger partial charge in [-0.2, -0.15) is 0 Å². The summed E-state index contributed by atoms with van der Waals surface area (Å²) < 4.78 is 13.0. The molecule has 0 bridgehead atoms. The van der Waals surface area contributed by atoms with Crippen molar-refractivity contribution < 1.29 is 14.3 Å². The molecule has 7 nitrogen and oxygen atoms in total. The molecule has 3 aliphatic heterocycles. The number of hydroxylamine groups is 2. The van der Waals surface area contributed by atoms with E-state index in [1.54, 1.807) is 12.1 Å². The lowest BCUT2D eigenvalue weighted by Crippen LogP contribution is -2.51. The van der Waals surface area contributed by atoms with Gasteiger partial charge in [0, 0.05) is 25.1 Å². The highest BCUT2D eigenvalue weighted by Gasteiger charge is 2.52. The van der Waals surface area contributed by atoms with Gasteiger partial charge in [0.15, 0.2) is 0 Å². The van der Waals surface area contributed by atoms with Crippen LogP contribution in [0.25, 0.3) is 11.1 Å². The third-order valence-electron chi connectivity index (χ3n) is 6.87. The van der Waals surface area contributed by atoms with Crippen molar-refractivity contribution >= 4 is 11.6 Å². The largest absolute Gasteiger partial charge is 0.489 e. The first-order valence-corrected chi connectivity index (χ1v) is 11.6. The van der Waals surface area contributed by atoms with Crippen molar-refractivity contribution in [1.82, 2.24) is 5.06 Å². The highest BCUT2D eigenvalue weighted by Crippen LogP contribution is 2.51. The van der Waals surface area contributed by atoms with Gasteiger partial charge in [-0.3, -0.25) is 0 Å². The first-order chi connectivity index (χ1) is 15.5. The molecule has 2 unspecified atom stereocenters. The summed E-state index contributed by atoms with van der Waals surface area (Å²) in [7, 11) is 1.79. The number of nitrogens with zero attached hydrogens (tertiary/aromatic N) is 2. The predicted molar refractivity (Wildman–Crippen MR) is 129 cm³/mol. The summed E-state index contributed by atoms with van der Waals surface area (Å²) in [5.41, 5.74) is 14.5. The number of guanidine groups is 1. The van der Waals surface area contributed by atoms with Crippen LogP contribution in [0.3, 0.4) is 0 Å². The maximum absolute atomic E-state index is 6.64. The van der Waals surface area contributed by atoms with E-state index in [2.05, 4.69) is 39.8 Å². The summed E-state index contributed by atoms with van der Waals surface area (Å²) in [6, 6.07) is 14.0. The molecule has 5 rings (SSSR count). The fourth-order valence-electron chi connectivity index (χ4n) is 5.86. The summed E-state index contributed by atoms with van der Waals surface area (Å²) >= 11 is 0. The zero-order valence-electron chi connectivity index (χ0n) is 20.1. The number of anilines is 1. The van der Waals surface area contributed by atoms with Crippen molar-refractivity contribution in [3.8, 4) is 16.9 Å². The Labute approximate surface area is 195 Å². The van der Waals surface area contributed by atoms with Gasteiger partial charge < -0.3 is 20.9 Å². The van der Waals surface area contributed by atoms with Crippen LogP contribution in [0.5, 0.6) is 5.75 Å². The third-order valence-corrected chi connectivity index (χ3v) is 6.87. The van der Waals surface area contributed by atoms with Crippen molar-refractivity contribution in [2.24, 2.45) is 16.6 Å². The Morgan fingerprint density at radius 1 is 0.939 bits per heavy atom. The number of aliphatic imine (C=N–C) groups is 1. The minimum absolute atomic E-state index is 0.0683. The van der Waals surface area contributed by atoms with Gasteiger partial charge in [-0.05, 0) is 75.9 Å². The first-order valence-electron chi connectivity index (χ1n) is 11.6. The van der Waals surface area contributed by atoms with Crippen LogP contribution in [0.2, 0.25) is 0 Å². The zero-order valence-corrected chi connectivity index (χ0v) is 20.1. The van der Waals surface area contributed by atoms with Crippen LogP contribution in [0.15, 0.2) is 47.5 Å². The topological polar surface area (TPSA) is 95.3 Å². The third kappa shape index (κ3) is 4.04. The number of hydrogen-bond donors (Lipinski definition) is 2. The molecule has 1 fully saturated rings. The van der Waals surface area contributed by atoms with Crippen molar-refractivity contribution in [3.63, 3.8) is 0 Å². The maximum atomic E-state index is 6.64. The molecule has 0 radical (unpaired) electrons. The van der Waals surface area contributed by atoms with Gasteiger partial charge in [0.25, 0.3) is 0 Å². The number of hydrogen-bond acceptors (Lipinski definition) is 7. The van der Waals surface area contributed by atoms with Crippen LogP contribution in [0.4, 0.5) is 5.69 Å². The van der Waals surface area contributed by atoms with Gasteiger partial charge in [-0.15, -0.1) is 0 Å². The summed E-state index contributed by atoms with van der Waals surface area (Å²) in [4.78, 5) is 11.2. The van der Waals surface area contributed by atoms with E-state index in [-0.39, 0.29) is 17.3 Å². The minimum Gasteiger partial charge on any atom is -0.489 e. The standard InChI is InChI=1S/C26H34N4O3/c1-24(2)13-18(14-25(3,4)32-24)22-15-26(29-23(28)30(5)33-26)20-12-17(9-10-21(20)31-22)16-7-6-8-19(27)11-16/h6-12,18,22H,13-15,27H2,1-5H3,(H2,28,29). The van der Waals surface area contributed by atoms with E-state index < -0.39 is 5.72 Å². The Morgan fingerprint density at radius 2 is 1.64 bits per heavy atom. The molecule has 1 spiro atoms. The molecule has 0 aliphatic carbocycles. The molecule has 1 saturated heterocycles. The SMILES string of the molecule is CN1OC2(CC(C3CC(C)(C)OC(C)(C)C3)Oc3ccc(-c4cccc(N)c4)cc32)N=C1N. The highest BCUT2D eigenvalue weighted by atomic mass is 16.7. The monoisotopic (exact) mass is 450 g/mol. The molecule has 176 valence electrons. The molecular formula is C26H34N4O3. The number of rotatable bonds is 2. The Bertz CT molecular complexity index is 1100. The normalized spacial score (nSPS) is 28.3. The van der Waals surface area contributed by atoms with Gasteiger partial charge in [0.2, 0.25) is 11.7 Å². The van der Waals surface area contributed by atoms with Gasteiger partial charge in [-0.25, -0.2) is 14.9 Å². The second-order valence-corrected chi connectivity index (χ2v) is 10.8. The molecule has 33 heavy (non-hydrogen) atoms. The van der Waals surface area contributed by atoms with Crippen LogP contribution in [-0.4, -0.2) is 35.4 Å². The molecule has 0 saturated carbocycles. The Morgan fingerprint density at radius 3 is 2.27 bits per heavy atom. The van der Waals surface area contributed by atoms with Gasteiger partial charge >= 0.3 is 0 Å². The summed E-state index contributed by atoms with van der Waals surface area (Å²) in [5, 5.41) is 1.55. The van der Waals surface area contributed by atoms with E-state index in [4.69, 9.17) is 30.8 Å². The summed E-state index contributed by atoms with van der Waals surface area (Å²) in [6.45, 7) is 8.62. The van der Waals surface area contributed by atoms with E-state index in [0.29, 0.717) is 18.3 Å². The molecule has 2 atom stereocenters. The van der Waals surface area contributed by atoms with Gasteiger partial charge in [-0.1, -0.05) is 18.2 Å². The molecule has 4 N–H and O–H groups in total. The van der Waals surface area contributed by atoms with Crippen LogP contribution < -0.4 is 16.2 Å². The molecule has 2 aromatic rings. The van der Waals surface area contributed by atoms with E-state index in [1.807, 2.05) is 30.3 Å². The van der Waals surface area contributed by atoms with Crippen molar-refractivity contribution in [3.05, 3.63) is 48.0 Å². The van der Waals surface area contributed by atoms with Crippen LogP contribution >= 0.6 is 0 Å². The summed E-state index contributed by atoms with van der Waals surface area (Å²) in [5.74, 6) is 1.45. The van der Waals surface area contributed by atoms with E-state index in [0.717, 1.165) is 41.0 Å². The van der Waals surface area contributed by atoms with Crippen LogP contribution in [0, 0.1) is 5.92 Å². The van der Waals surface area contributed by atoms with E-state index >= 15 is 0 Å². The van der Waals surface area contributed by atoms with Crippen molar-refractivity contribution in [2.45, 2.75) is 70.0 Å². The van der Waals surface area contributed by atoms with Crippen molar-refractivity contribution in [1.29, 1.82) is 0 Å². The molecule has 3 heterocycles. The van der Waals surface area contributed by atoms with E-state index in [1.165, 1.54) is 0 Å². The lowest BCUT2D eigenvalue weighted by atomic mass is 9.75. The zero-order chi connectivity index (χ0) is 23.6. The molecule has 7 heteroatoms. The number of fused-ring (bicyclic) bond motifs is 2. The summed E-state index contributed by atoms with van der Waals surface area (Å²) in [6.07, 6.45) is 2.33. The lowest BCUT2D eigenvalue weighted by molar-refractivity contribution is -0.212. The fraction of sp³-hybridized carbons (Fsp3) is 0.500. The van der Waals surface area contributed by atoms with E-state index in [9.17, 15) is 0 Å². The predicted octanol–water partition coefficient (Wildman–Crippen LogP) is 4.42. The molecular weight excluding hydrogens is 416 g/mol. The molecule has 2 aromatic carbocycles. The number of nitrogen functional groups attached to an aromatic ring is 1. The highest BCUT2D eigenvalue weighted by molar-refractivity contribution is 5.79. The maximum Gasteiger partial charge on any atom is 0.221 e. The van der Waals surface area contributed by atoms with Gasteiger partial charge in [0.1, 0.15) is 11.9 Å². The average molecular weight is 451 g/mol. The van der Waals surface area contributed by atoms with Gasteiger partial charge in [0.05, 0.1) is 16.8 Å². The first kappa shape index (κ1) is 22.0. The Kier molecular flexibility index (Phi) is 4.92. The van der Waals surface area contributed by atoms with Crippen LogP contribution in [-0.2, 0) is 15.3 Å². The number of benzene rings is 2. The molecule has 0 amide bonds. The lowest BCUT2D eigenvalue weighted by Gasteiger charge is -2.49. The quantitative estimate of drug-likeness (QED) is 0.658.